The molecule has 4 rings (SSSR count). The molecule has 0 bridgehead atoms. The van der Waals surface area contributed by atoms with Crippen molar-refractivity contribution in [3.8, 4) is 6.07 Å². The number of aliphatic hydroxyl groups is 1. The van der Waals surface area contributed by atoms with E-state index in [2.05, 4.69) is 6.07 Å². The van der Waals surface area contributed by atoms with Crippen LogP contribution in [0, 0.1) is 23.2 Å². The monoisotopic (exact) mass is 361 g/mol. The van der Waals surface area contributed by atoms with Crippen molar-refractivity contribution in [2.24, 2.45) is 11.8 Å². The highest BCUT2D eigenvalue weighted by Crippen LogP contribution is 2.43. The van der Waals surface area contributed by atoms with Crippen molar-refractivity contribution in [2.45, 2.75) is 12.1 Å². The molecule has 27 heavy (non-hydrogen) atoms. The van der Waals surface area contributed by atoms with E-state index >= 15 is 0 Å². The molecule has 2 heterocycles. The molecule has 2 amide bonds. The Hall–Kier alpha value is -3.01. The summed E-state index contributed by atoms with van der Waals surface area (Å²) in [6.07, 6.45) is 0. The first-order valence-electron chi connectivity index (χ1n) is 8.91. The number of anilines is 1. The molecular formula is C21H19N3O3. The summed E-state index contributed by atoms with van der Waals surface area (Å²) in [6.45, 7) is 0.0866. The van der Waals surface area contributed by atoms with E-state index in [0.717, 1.165) is 5.56 Å². The number of nitrogens with zero attached hydrogens (tertiary/aromatic N) is 3. The Morgan fingerprint density at radius 1 is 1.04 bits per heavy atom. The van der Waals surface area contributed by atoms with Crippen molar-refractivity contribution in [1.29, 1.82) is 5.26 Å². The van der Waals surface area contributed by atoms with Crippen molar-refractivity contribution < 1.29 is 14.7 Å². The highest BCUT2D eigenvalue weighted by atomic mass is 16.3. The number of hydrogen-bond acceptors (Lipinski definition) is 5. The van der Waals surface area contributed by atoms with E-state index in [-0.39, 0.29) is 25.0 Å². The lowest BCUT2D eigenvalue weighted by Gasteiger charge is -2.31. The van der Waals surface area contributed by atoms with E-state index in [1.54, 1.807) is 29.2 Å². The van der Waals surface area contributed by atoms with Gasteiger partial charge in [-0.25, -0.2) is 4.90 Å². The van der Waals surface area contributed by atoms with Gasteiger partial charge in [0.05, 0.1) is 36.2 Å². The molecule has 2 aliphatic rings. The van der Waals surface area contributed by atoms with Crippen LogP contribution < -0.4 is 4.90 Å². The molecule has 0 spiro atoms. The molecule has 0 unspecified atom stereocenters. The predicted molar refractivity (Wildman–Crippen MR) is 98.3 cm³/mol. The maximum atomic E-state index is 13.0. The van der Waals surface area contributed by atoms with Gasteiger partial charge in [-0.2, -0.15) is 5.26 Å². The number of hydrogen-bond donors (Lipinski definition) is 1. The summed E-state index contributed by atoms with van der Waals surface area (Å²) in [5.41, 5.74) is 1.40. The highest BCUT2D eigenvalue weighted by molar-refractivity contribution is 6.22. The smallest absolute Gasteiger partial charge is 0.240 e. The largest absolute Gasteiger partial charge is 0.394 e. The summed E-state index contributed by atoms with van der Waals surface area (Å²) in [5.74, 6) is -1.89. The van der Waals surface area contributed by atoms with E-state index in [4.69, 9.17) is 0 Å². The fraction of sp³-hybridized carbons (Fsp3) is 0.286. The van der Waals surface area contributed by atoms with Gasteiger partial charge in [-0.3, -0.25) is 14.5 Å². The number of nitriles is 1. The molecule has 0 saturated carbocycles. The summed E-state index contributed by atoms with van der Waals surface area (Å²) < 4.78 is 0. The number of rotatable bonds is 4. The lowest BCUT2D eigenvalue weighted by Crippen LogP contribution is -2.42. The Morgan fingerprint density at radius 3 is 2.26 bits per heavy atom. The molecule has 136 valence electrons. The first-order valence-corrected chi connectivity index (χ1v) is 8.91. The van der Waals surface area contributed by atoms with Crippen LogP contribution in [-0.4, -0.2) is 41.0 Å². The number of benzene rings is 2. The van der Waals surface area contributed by atoms with Gasteiger partial charge in [-0.1, -0.05) is 48.5 Å². The Kier molecular flexibility index (Phi) is 4.48. The molecule has 2 saturated heterocycles. The van der Waals surface area contributed by atoms with Crippen LogP contribution in [0.2, 0.25) is 0 Å². The van der Waals surface area contributed by atoms with Gasteiger partial charge in [-0.15, -0.1) is 0 Å². The van der Waals surface area contributed by atoms with Crippen LogP contribution >= 0.6 is 0 Å². The van der Waals surface area contributed by atoms with Crippen LogP contribution in [0.3, 0.4) is 0 Å². The number of para-hydroxylation sites is 1. The quantitative estimate of drug-likeness (QED) is 0.839. The Balaban J connectivity index is 1.66. The van der Waals surface area contributed by atoms with E-state index < -0.39 is 23.9 Å². The Labute approximate surface area is 157 Å². The van der Waals surface area contributed by atoms with Gasteiger partial charge in [0.25, 0.3) is 0 Å². The minimum absolute atomic E-state index is 0.188. The van der Waals surface area contributed by atoms with Crippen LogP contribution in [0.4, 0.5) is 5.69 Å². The van der Waals surface area contributed by atoms with Gasteiger partial charge < -0.3 is 5.11 Å². The van der Waals surface area contributed by atoms with E-state index in [0.29, 0.717) is 5.69 Å². The van der Waals surface area contributed by atoms with Crippen molar-refractivity contribution >= 4 is 17.5 Å². The zero-order valence-electron chi connectivity index (χ0n) is 14.6. The number of aliphatic hydroxyl groups excluding tert-OH is 1. The molecule has 1 N–H and O–H groups in total. The number of carbonyl (C=O) groups is 2. The average Bonchev–Trinajstić information content (AvgIpc) is 3.20. The Bertz CT molecular complexity index is 894. The maximum absolute atomic E-state index is 13.0. The van der Waals surface area contributed by atoms with Gasteiger partial charge in [-0.05, 0) is 17.7 Å². The number of likely N-dealkylation sites (tertiary alicyclic amines) is 1. The highest BCUT2D eigenvalue weighted by Gasteiger charge is 2.59. The van der Waals surface area contributed by atoms with Crippen LogP contribution in [0.1, 0.15) is 11.6 Å². The minimum atomic E-state index is -0.752. The lowest BCUT2D eigenvalue weighted by atomic mass is 9.93. The van der Waals surface area contributed by atoms with Gasteiger partial charge in [0.1, 0.15) is 6.04 Å². The summed E-state index contributed by atoms with van der Waals surface area (Å²) >= 11 is 0. The molecule has 0 aromatic heterocycles. The van der Waals surface area contributed by atoms with Gasteiger partial charge in [0.2, 0.25) is 11.8 Å². The number of carbonyl (C=O) groups excluding carboxylic acids is 2. The maximum Gasteiger partial charge on any atom is 0.240 e. The van der Waals surface area contributed by atoms with E-state index in [1.165, 1.54) is 4.90 Å². The molecule has 6 heteroatoms. The molecule has 2 aromatic carbocycles. The summed E-state index contributed by atoms with van der Waals surface area (Å²) in [5, 5.41) is 19.7. The molecule has 6 nitrogen and oxygen atoms in total. The fourth-order valence-corrected chi connectivity index (χ4v) is 4.23. The minimum Gasteiger partial charge on any atom is -0.394 e. The predicted octanol–water partition coefficient (Wildman–Crippen LogP) is 1.73. The molecule has 0 aliphatic carbocycles. The average molecular weight is 361 g/mol. The molecule has 2 aromatic rings. The standard InChI is InChI=1S/C21H19N3O3/c22-11-17-19-16(12-23(17)18(13-25)14-7-3-1-4-8-14)20(26)24(21(19)27)15-9-5-2-6-10-15/h1-10,16-19,25H,12-13H2/t16-,17-,18-,19-/m0/s1. The molecule has 0 radical (unpaired) electrons. The molecule has 2 fully saturated rings. The first kappa shape index (κ1) is 17.4. The topological polar surface area (TPSA) is 84.6 Å². The second-order valence-corrected chi connectivity index (χ2v) is 6.86. The number of imide groups is 1. The Morgan fingerprint density at radius 2 is 1.67 bits per heavy atom. The normalized spacial score (nSPS) is 26.1. The summed E-state index contributed by atoms with van der Waals surface area (Å²) in [4.78, 5) is 29.0. The van der Waals surface area contributed by atoms with Gasteiger partial charge >= 0.3 is 0 Å². The second-order valence-electron chi connectivity index (χ2n) is 6.86. The van der Waals surface area contributed by atoms with Crippen molar-refractivity contribution in [3.63, 3.8) is 0 Å². The second kappa shape index (κ2) is 6.95. The van der Waals surface area contributed by atoms with E-state index in [1.807, 2.05) is 36.4 Å². The van der Waals surface area contributed by atoms with Gasteiger partial charge in [0.15, 0.2) is 0 Å². The zero-order chi connectivity index (χ0) is 19.0. The third-order valence-corrected chi connectivity index (χ3v) is 5.49. The van der Waals surface area contributed by atoms with Gasteiger partial charge in [0, 0.05) is 6.54 Å². The number of fused-ring (bicyclic) bond motifs is 1. The van der Waals surface area contributed by atoms with Crippen molar-refractivity contribution in [3.05, 3.63) is 66.2 Å². The van der Waals surface area contributed by atoms with Crippen LogP contribution in [0.15, 0.2) is 60.7 Å². The first-order chi connectivity index (χ1) is 13.2. The van der Waals surface area contributed by atoms with Crippen LogP contribution in [0.25, 0.3) is 0 Å². The molecular weight excluding hydrogens is 342 g/mol. The molecule has 2 aliphatic heterocycles. The SMILES string of the molecule is N#C[C@H]1[C@H]2C(=O)N(c3ccccc3)C(=O)[C@H]2CN1[C@@H](CO)c1ccccc1. The summed E-state index contributed by atoms with van der Waals surface area (Å²) in [7, 11) is 0. The van der Waals surface area contributed by atoms with Crippen LogP contribution in [-0.2, 0) is 9.59 Å². The lowest BCUT2D eigenvalue weighted by molar-refractivity contribution is -0.123. The summed E-state index contributed by atoms with van der Waals surface area (Å²) in [6, 6.07) is 19.2. The van der Waals surface area contributed by atoms with E-state index in [9.17, 15) is 20.0 Å². The van der Waals surface area contributed by atoms with Crippen molar-refractivity contribution in [2.75, 3.05) is 18.1 Å². The fourth-order valence-electron chi connectivity index (χ4n) is 4.23. The third kappa shape index (κ3) is 2.72. The zero-order valence-corrected chi connectivity index (χ0v) is 14.6. The molecule has 4 atom stereocenters. The number of amides is 2. The van der Waals surface area contributed by atoms with Crippen LogP contribution in [0.5, 0.6) is 0 Å². The van der Waals surface area contributed by atoms with Crippen molar-refractivity contribution in [1.82, 2.24) is 4.90 Å². The third-order valence-electron chi connectivity index (χ3n) is 5.49.